The number of para-hydroxylation sites is 1. The molecule has 7 nitrogen and oxygen atoms in total. The van der Waals surface area contributed by atoms with Crippen molar-refractivity contribution in [2.75, 3.05) is 11.4 Å². The van der Waals surface area contributed by atoms with Crippen molar-refractivity contribution in [3.63, 3.8) is 0 Å². The van der Waals surface area contributed by atoms with Crippen LogP contribution in [0.5, 0.6) is 0 Å². The Balaban J connectivity index is 1.58. The molecule has 3 heterocycles. The van der Waals surface area contributed by atoms with Crippen LogP contribution < -0.4 is 16.1 Å². The second-order valence-corrected chi connectivity index (χ2v) is 8.12. The number of pyridine rings is 1. The van der Waals surface area contributed by atoms with E-state index >= 15 is 0 Å². The summed E-state index contributed by atoms with van der Waals surface area (Å²) in [5.41, 5.74) is 2.17. The fourth-order valence-corrected chi connectivity index (χ4v) is 4.25. The van der Waals surface area contributed by atoms with Crippen LogP contribution >= 0.6 is 11.6 Å². The second-order valence-electron chi connectivity index (χ2n) is 7.68. The maximum absolute atomic E-state index is 13.4. The molecule has 0 saturated carbocycles. The molecule has 2 aromatic heterocycles. The molecule has 0 saturated heterocycles. The molecule has 2 aromatic carbocycles. The molecule has 4 aromatic rings. The average Bonchev–Trinajstić information content (AvgIpc) is 3.25. The Morgan fingerprint density at radius 1 is 0.969 bits per heavy atom. The van der Waals surface area contributed by atoms with Gasteiger partial charge in [0.25, 0.3) is 5.56 Å². The largest absolute Gasteiger partial charge is 0.332 e. The summed E-state index contributed by atoms with van der Waals surface area (Å²) in [5.74, 6) is -0.209. The molecule has 32 heavy (non-hydrogen) atoms. The van der Waals surface area contributed by atoms with Gasteiger partial charge in [0.05, 0.1) is 12.1 Å². The molecule has 160 valence electrons. The van der Waals surface area contributed by atoms with E-state index in [1.807, 2.05) is 24.3 Å². The smallest absolute Gasteiger partial charge is 0.310 e. The highest BCUT2D eigenvalue weighted by molar-refractivity contribution is 6.30. The number of hydrogen-bond donors (Lipinski definition) is 0. The van der Waals surface area contributed by atoms with Gasteiger partial charge in [-0.2, -0.15) is 0 Å². The molecule has 5 rings (SSSR count). The topological polar surface area (TPSA) is 77.2 Å². The number of rotatable bonds is 4. The first-order chi connectivity index (χ1) is 15.5. The van der Waals surface area contributed by atoms with E-state index in [1.165, 1.54) is 10.8 Å². The highest BCUT2D eigenvalue weighted by atomic mass is 35.5. The van der Waals surface area contributed by atoms with Crippen molar-refractivity contribution in [3.8, 4) is 0 Å². The van der Waals surface area contributed by atoms with Gasteiger partial charge in [-0.15, -0.1) is 0 Å². The van der Waals surface area contributed by atoms with Gasteiger partial charge < -0.3 is 4.90 Å². The number of aromatic nitrogens is 3. The summed E-state index contributed by atoms with van der Waals surface area (Å²) in [6.07, 6.45) is 2.28. The number of anilines is 1. The number of amides is 1. The average molecular weight is 447 g/mol. The highest BCUT2D eigenvalue weighted by Gasteiger charge is 2.25. The van der Waals surface area contributed by atoms with Gasteiger partial charge in [0.2, 0.25) is 5.91 Å². The van der Waals surface area contributed by atoms with Crippen molar-refractivity contribution in [2.45, 2.75) is 19.5 Å². The summed E-state index contributed by atoms with van der Waals surface area (Å²) in [6, 6.07) is 18.0. The molecule has 0 fully saturated rings. The van der Waals surface area contributed by atoms with Crippen molar-refractivity contribution < 1.29 is 4.79 Å². The van der Waals surface area contributed by atoms with E-state index < -0.39 is 11.2 Å². The zero-order valence-electron chi connectivity index (χ0n) is 17.1. The second kappa shape index (κ2) is 8.09. The molecule has 0 radical (unpaired) electrons. The number of benzene rings is 2. The molecular formula is C24H19ClN4O3. The lowest BCUT2D eigenvalue weighted by Gasteiger charge is -2.19. The lowest BCUT2D eigenvalue weighted by atomic mass is 10.2. The van der Waals surface area contributed by atoms with Gasteiger partial charge in [0.1, 0.15) is 6.54 Å². The molecule has 1 aliphatic rings. The van der Waals surface area contributed by atoms with E-state index in [0.717, 1.165) is 27.8 Å². The van der Waals surface area contributed by atoms with Crippen molar-refractivity contribution in [1.82, 2.24) is 14.1 Å². The normalized spacial score (nSPS) is 12.8. The van der Waals surface area contributed by atoms with Crippen LogP contribution in [0, 0.1) is 0 Å². The molecule has 0 N–H and O–H groups in total. The summed E-state index contributed by atoms with van der Waals surface area (Å²) in [5, 5.41) is 0.565. The molecule has 0 aliphatic carbocycles. The van der Waals surface area contributed by atoms with Crippen LogP contribution in [-0.2, 0) is 24.3 Å². The molecular weight excluding hydrogens is 428 g/mol. The Morgan fingerprint density at radius 2 is 1.75 bits per heavy atom. The Morgan fingerprint density at radius 3 is 2.56 bits per heavy atom. The first-order valence-electron chi connectivity index (χ1n) is 10.2. The Kier molecular flexibility index (Phi) is 5.11. The van der Waals surface area contributed by atoms with Gasteiger partial charge in [0.15, 0.2) is 5.52 Å². The van der Waals surface area contributed by atoms with Crippen molar-refractivity contribution >= 4 is 34.2 Å². The van der Waals surface area contributed by atoms with Crippen LogP contribution in [0.3, 0.4) is 0 Å². The molecule has 0 bridgehead atoms. The van der Waals surface area contributed by atoms with E-state index in [4.69, 9.17) is 11.6 Å². The third-order valence-corrected chi connectivity index (χ3v) is 5.97. The van der Waals surface area contributed by atoms with Gasteiger partial charge in [0, 0.05) is 23.5 Å². The van der Waals surface area contributed by atoms with E-state index in [1.54, 1.807) is 41.3 Å². The lowest BCUT2D eigenvalue weighted by Crippen LogP contribution is -2.43. The maximum atomic E-state index is 13.4. The molecule has 1 amide bonds. The summed E-state index contributed by atoms with van der Waals surface area (Å²) in [4.78, 5) is 45.5. The van der Waals surface area contributed by atoms with Crippen molar-refractivity contribution in [3.05, 3.63) is 104 Å². The first kappa shape index (κ1) is 20.2. The Hall–Kier alpha value is -3.71. The van der Waals surface area contributed by atoms with Gasteiger partial charge in [-0.05, 0) is 47.9 Å². The number of fused-ring (bicyclic) bond motifs is 2. The zero-order chi connectivity index (χ0) is 22.2. The standard InChI is InChI=1S/C24H19ClN4O3/c25-18-9-7-16(8-10-18)14-29-23(31)22-20(6-3-12-26-22)28(24(29)32)15-21(30)27-13-11-17-4-1-2-5-19(17)27/h1-10,12H,11,13-15H2. The van der Waals surface area contributed by atoms with Crippen molar-refractivity contribution in [2.24, 2.45) is 0 Å². The minimum atomic E-state index is -0.550. The number of nitrogens with zero attached hydrogens (tertiary/aromatic N) is 4. The minimum Gasteiger partial charge on any atom is -0.310 e. The Bertz CT molecular complexity index is 1460. The molecule has 8 heteroatoms. The van der Waals surface area contributed by atoms with E-state index in [2.05, 4.69) is 4.98 Å². The van der Waals surface area contributed by atoms with E-state index in [9.17, 15) is 14.4 Å². The van der Waals surface area contributed by atoms with Crippen LogP contribution in [-0.4, -0.2) is 26.6 Å². The third-order valence-electron chi connectivity index (χ3n) is 5.72. The molecule has 0 spiro atoms. The van der Waals surface area contributed by atoms with Gasteiger partial charge in [-0.25, -0.2) is 9.78 Å². The van der Waals surface area contributed by atoms with E-state index in [0.29, 0.717) is 17.1 Å². The van der Waals surface area contributed by atoms with Crippen LogP contribution in [0.2, 0.25) is 5.02 Å². The van der Waals surface area contributed by atoms with Gasteiger partial charge in [-0.1, -0.05) is 41.9 Å². The van der Waals surface area contributed by atoms with Crippen molar-refractivity contribution in [1.29, 1.82) is 0 Å². The summed E-state index contributed by atoms with van der Waals surface area (Å²) >= 11 is 5.95. The first-order valence-corrected chi connectivity index (χ1v) is 10.6. The monoisotopic (exact) mass is 446 g/mol. The fourth-order valence-electron chi connectivity index (χ4n) is 4.13. The third kappa shape index (κ3) is 3.50. The number of hydrogen-bond acceptors (Lipinski definition) is 4. The summed E-state index contributed by atoms with van der Waals surface area (Å²) in [6.45, 7) is 0.436. The van der Waals surface area contributed by atoms with Crippen LogP contribution in [0.1, 0.15) is 11.1 Å². The van der Waals surface area contributed by atoms with Crippen LogP contribution in [0.4, 0.5) is 5.69 Å². The summed E-state index contributed by atoms with van der Waals surface area (Å²) < 4.78 is 2.45. The predicted octanol–water partition coefficient (Wildman–Crippen LogP) is 2.85. The predicted molar refractivity (Wildman–Crippen MR) is 123 cm³/mol. The summed E-state index contributed by atoms with van der Waals surface area (Å²) in [7, 11) is 0. The van der Waals surface area contributed by atoms with Gasteiger partial charge >= 0.3 is 5.69 Å². The van der Waals surface area contributed by atoms with Crippen LogP contribution in [0.15, 0.2) is 76.4 Å². The molecule has 1 aliphatic heterocycles. The number of halogens is 1. The van der Waals surface area contributed by atoms with E-state index in [-0.39, 0.29) is 24.5 Å². The highest BCUT2D eigenvalue weighted by Crippen LogP contribution is 2.27. The Labute approximate surface area is 188 Å². The zero-order valence-corrected chi connectivity index (χ0v) is 17.8. The van der Waals surface area contributed by atoms with Crippen LogP contribution in [0.25, 0.3) is 11.0 Å². The quantitative estimate of drug-likeness (QED) is 0.483. The minimum absolute atomic E-state index is 0.0576. The number of carbonyl (C=O) groups is 1. The molecule has 0 unspecified atom stereocenters. The molecule has 0 atom stereocenters. The maximum Gasteiger partial charge on any atom is 0.332 e. The number of carbonyl (C=O) groups excluding carboxylic acids is 1. The van der Waals surface area contributed by atoms with Gasteiger partial charge in [-0.3, -0.25) is 18.7 Å². The SMILES string of the molecule is O=C(Cn1c(=O)n(Cc2ccc(Cl)cc2)c(=O)c2ncccc21)N1CCc2ccccc21. The lowest BCUT2D eigenvalue weighted by molar-refractivity contribution is -0.119. The fraction of sp³-hybridized carbons (Fsp3) is 0.167.